The first kappa shape index (κ1) is 8.83. The van der Waals surface area contributed by atoms with Gasteiger partial charge in [-0.3, -0.25) is 0 Å². The van der Waals surface area contributed by atoms with Crippen LogP contribution in [0.5, 0.6) is 0 Å². The van der Waals surface area contributed by atoms with Crippen molar-refractivity contribution in [2.24, 2.45) is 11.8 Å². The first-order chi connectivity index (χ1) is 5.86. The smallest absolute Gasteiger partial charge is 0.0488 e. The monoisotopic (exact) mass is 187 g/mol. The van der Waals surface area contributed by atoms with E-state index in [1.807, 2.05) is 0 Å². The van der Waals surface area contributed by atoms with Gasteiger partial charge < -0.3 is 5.32 Å². The van der Waals surface area contributed by atoms with E-state index in [4.69, 9.17) is 11.6 Å². The quantitative estimate of drug-likeness (QED) is 0.498. The zero-order valence-corrected chi connectivity index (χ0v) is 8.32. The molecule has 0 heterocycles. The summed E-state index contributed by atoms with van der Waals surface area (Å²) in [4.78, 5) is 0. The summed E-state index contributed by atoms with van der Waals surface area (Å²) < 4.78 is 0. The molecule has 0 aliphatic heterocycles. The van der Waals surface area contributed by atoms with Crippen LogP contribution in [0.25, 0.3) is 0 Å². The largest absolute Gasteiger partial charge is 0.315 e. The second-order valence-electron chi connectivity index (χ2n) is 4.29. The van der Waals surface area contributed by atoms with Crippen molar-refractivity contribution < 1.29 is 0 Å². The molecule has 0 aromatic heterocycles. The highest BCUT2D eigenvalue weighted by atomic mass is 35.5. The third kappa shape index (κ3) is 2.95. The van der Waals surface area contributed by atoms with Gasteiger partial charge in [0.15, 0.2) is 0 Å². The van der Waals surface area contributed by atoms with Crippen molar-refractivity contribution in [1.82, 2.24) is 5.32 Å². The summed E-state index contributed by atoms with van der Waals surface area (Å²) in [6, 6.07) is 0. The van der Waals surface area contributed by atoms with Crippen LogP contribution in [0.4, 0.5) is 0 Å². The molecular formula is C10H18ClN. The minimum Gasteiger partial charge on any atom is -0.315 e. The van der Waals surface area contributed by atoms with Crippen LogP contribution in [0.15, 0.2) is 0 Å². The van der Waals surface area contributed by atoms with Crippen molar-refractivity contribution in [3.63, 3.8) is 0 Å². The van der Waals surface area contributed by atoms with Gasteiger partial charge in [-0.1, -0.05) is 12.8 Å². The molecular weight excluding hydrogens is 170 g/mol. The summed E-state index contributed by atoms with van der Waals surface area (Å²) in [5.74, 6) is 1.88. The molecule has 0 amide bonds. The molecule has 2 saturated carbocycles. The van der Waals surface area contributed by atoms with Crippen LogP contribution in [0.3, 0.4) is 0 Å². The highest BCUT2D eigenvalue weighted by molar-refractivity contribution is 6.21. The minimum absolute atomic E-state index is 0.407. The maximum atomic E-state index is 6.15. The van der Waals surface area contributed by atoms with Crippen LogP contribution >= 0.6 is 11.6 Å². The number of nitrogens with one attached hydrogen (secondary N) is 1. The van der Waals surface area contributed by atoms with Gasteiger partial charge in [-0.15, -0.1) is 11.6 Å². The Hall–Kier alpha value is 0.250. The molecule has 2 fully saturated rings. The summed E-state index contributed by atoms with van der Waals surface area (Å²) in [5.41, 5.74) is 0. The van der Waals surface area contributed by atoms with Gasteiger partial charge in [-0.25, -0.2) is 0 Å². The number of hydrogen-bond donors (Lipinski definition) is 1. The van der Waals surface area contributed by atoms with Gasteiger partial charge in [-0.2, -0.15) is 0 Å². The number of alkyl halides is 1. The first-order valence-electron chi connectivity index (χ1n) is 5.21. The average Bonchev–Trinajstić information content (AvgIpc) is 2.85. The van der Waals surface area contributed by atoms with Gasteiger partial charge in [0.2, 0.25) is 0 Å². The van der Waals surface area contributed by atoms with E-state index in [0.29, 0.717) is 5.38 Å². The molecule has 1 unspecified atom stereocenters. The molecule has 0 spiro atoms. The van der Waals surface area contributed by atoms with Gasteiger partial charge in [0.05, 0.1) is 0 Å². The number of rotatable bonds is 6. The lowest BCUT2D eigenvalue weighted by molar-refractivity contribution is 0.580. The van der Waals surface area contributed by atoms with E-state index in [1.165, 1.54) is 38.6 Å². The molecule has 1 N–H and O–H groups in total. The highest BCUT2D eigenvalue weighted by Gasteiger charge is 2.29. The van der Waals surface area contributed by atoms with Crippen molar-refractivity contribution >= 4 is 11.6 Å². The van der Waals surface area contributed by atoms with Crippen molar-refractivity contribution in [2.45, 2.75) is 37.5 Å². The van der Waals surface area contributed by atoms with Gasteiger partial charge in [0, 0.05) is 11.9 Å². The molecule has 12 heavy (non-hydrogen) atoms. The third-order valence-electron chi connectivity index (χ3n) is 2.90. The Morgan fingerprint density at radius 3 is 2.58 bits per heavy atom. The molecule has 2 heteroatoms. The Morgan fingerprint density at radius 2 is 2.00 bits per heavy atom. The van der Waals surface area contributed by atoms with Crippen LogP contribution < -0.4 is 5.32 Å². The van der Waals surface area contributed by atoms with E-state index < -0.39 is 0 Å². The number of hydrogen-bond acceptors (Lipinski definition) is 1. The Kier molecular flexibility index (Phi) is 2.92. The zero-order chi connectivity index (χ0) is 8.39. The van der Waals surface area contributed by atoms with Crippen molar-refractivity contribution in [3.8, 4) is 0 Å². The van der Waals surface area contributed by atoms with Crippen molar-refractivity contribution in [1.29, 1.82) is 0 Å². The molecule has 1 nitrogen and oxygen atoms in total. The van der Waals surface area contributed by atoms with E-state index in [9.17, 15) is 0 Å². The molecule has 0 radical (unpaired) electrons. The lowest BCUT2D eigenvalue weighted by atomic mass is 10.2. The van der Waals surface area contributed by atoms with Crippen LogP contribution in [0.2, 0.25) is 0 Å². The molecule has 0 saturated heterocycles. The normalized spacial score (nSPS) is 25.8. The second kappa shape index (κ2) is 3.97. The van der Waals surface area contributed by atoms with Crippen molar-refractivity contribution in [3.05, 3.63) is 0 Å². The Bertz CT molecular complexity index is 141. The number of halogens is 1. The van der Waals surface area contributed by atoms with E-state index in [0.717, 1.165) is 18.4 Å². The molecule has 0 bridgehead atoms. The van der Waals surface area contributed by atoms with E-state index >= 15 is 0 Å². The second-order valence-corrected chi connectivity index (χ2v) is 4.85. The molecule has 2 rings (SSSR count). The van der Waals surface area contributed by atoms with Crippen LogP contribution in [0.1, 0.15) is 32.1 Å². The van der Waals surface area contributed by atoms with E-state index in [2.05, 4.69) is 5.32 Å². The summed E-state index contributed by atoms with van der Waals surface area (Å²) in [6.07, 6.45) is 7.02. The average molecular weight is 188 g/mol. The topological polar surface area (TPSA) is 12.0 Å². The molecule has 2 aliphatic rings. The summed E-state index contributed by atoms with van der Waals surface area (Å²) >= 11 is 6.15. The van der Waals surface area contributed by atoms with Crippen LogP contribution in [-0.2, 0) is 0 Å². The maximum Gasteiger partial charge on any atom is 0.0488 e. The van der Waals surface area contributed by atoms with Gasteiger partial charge in [-0.05, 0) is 37.6 Å². The van der Waals surface area contributed by atoms with Crippen LogP contribution in [0, 0.1) is 11.8 Å². The summed E-state index contributed by atoms with van der Waals surface area (Å²) in [7, 11) is 0. The fourth-order valence-corrected chi connectivity index (χ4v) is 1.94. The summed E-state index contributed by atoms with van der Waals surface area (Å²) in [5, 5.41) is 3.85. The highest BCUT2D eigenvalue weighted by Crippen LogP contribution is 2.35. The molecule has 0 aromatic carbocycles. The fraction of sp³-hybridized carbons (Fsp3) is 1.00. The molecule has 0 aromatic rings. The minimum atomic E-state index is 0.407. The van der Waals surface area contributed by atoms with Crippen molar-refractivity contribution in [2.75, 3.05) is 13.1 Å². The van der Waals surface area contributed by atoms with Gasteiger partial charge in [0.1, 0.15) is 0 Å². The van der Waals surface area contributed by atoms with E-state index in [-0.39, 0.29) is 0 Å². The third-order valence-corrected chi connectivity index (χ3v) is 3.41. The lowest BCUT2D eigenvalue weighted by Gasteiger charge is -2.08. The molecule has 70 valence electrons. The Balaban J connectivity index is 1.44. The Labute approximate surface area is 79.9 Å². The predicted octanol–water partition coefficient (Wildman–Crippen LogP) is 2.39. The predicted molar refractivity (Wildman–Crippen MR) is 52.6 cm³/mol. The fourth-order valence-electron chi connectivity index (χ4n) is 1.58. The summed E-state index contributed by atoms with van der Waals surface area (Å²) in [6.45, 7) is 2.21. The maximum absolute atomic E-state index is 6.15. The standard InChI is InChI=1S/C10H18ClN/c11-10(9-3-4-9)7-12-6-5-8-1-2-8/h8-10,12H,1-7H2. The zero-order valence-electron chi connectivity index (χ0n) is 7.56. The van der Waals surface area contributed by atoms with Gasteiger partial charge in [0.25, 0.3) is 0 Å². The van der Waals surface area contributed by atoms with Gasteiger partial charge >= 0.3 is 0 Å². The van der Waals surface area contributed by atoms with Crippen LogP contribution in [-0.4, -0.2) is 18.5 Å². The first-order valence-corrected chi connectivity index (χ1v) is 5.64. The molecule has 1 atom stereocenters. The lowest BCUT2D eigenvalue weighted by Crippen LogP contribution is -2.25. The SMILES string of the molecule is ClC(CNCCC1CC1)C1CC1. The van der Waals surface area contributed by atoms with E-state index in [1.54, 1.807) is 0 Å². The Morgan fingerprint density at radius 1 is 1.25 bits per heavy atom. The molecule has 2 aliphatic carbocycles.